The third-order valence-corrected chi connectivity index (χ3v) is 3.49. The molecule has 3 rings (SSSR count). The quantitative estimate of drug-likeness (QED) is 0.507. The monoisotopic (exact) mass is 241 g/mol. The van der Waals surface area contributed by atoms with Gasteiger partial charge in [0.15, 0.2) is 5.76 Å². The predicted molar refractivity (Wildman–Crippen MR) is 69.1 cm³/mol. The van der Waals surface area contributed by atoms with E-state index in [2.05, 4.69) is 36.3 Å². The summed E-state index contributed by atoms with van der Waals surface area (Å²) in [5.41, 5.74) is 3.23. The van der Waals surface area contributed by atoms with Crippen LogP contribution in [0.5, 0.6) is 0 Å². The summed E-state index contributed by atoms with van der Waals surface area (Å²) in [5, 5.41) is 12.6. The van der Waals surface area contributed by atoms with Crippen LogP contribution in [-0.2, 0) is 0 Å². The van der Waals surface area contributed by atoms with E-state index in [-0.39, 0.29) is 5.92 Å². The maximum Gasteiger partial charge on any atom is 0.151 e. The van der Waals surface area contributed by atoms with Gasteiger partial charge in [-0.15, -0.1) is 0 Å². The first-order valence-corrected chi connectivity index (χ1v) is 6.12. The van der Waals surface area contributed by atoms with Gasteiger partial charge in [-0.25, -0.2) is 0 Å². The molecule has 0 saturated heterocycles. The molecule has 18 heavy (non-hydrogen) atoms. The summed E-state index contributed by atoms with van der Waals surface area (Å²) in [5.74, 6) is 1.38. The summed E-state index contributed by atoms with van der Waals surface area (Å²) in [7, 11) is 0. The zero-order valence-corrected chi connectivity index (χ0v) is 10.2. The van der Waals surface area contributed by atoms with Gasteiger partial charge in [-0.05, 0) is 37.0 Å². The van der Waals surface area contributed by atoms with E-state index in [4.69, 9.17) is 9.62 Å². The molecule has 3 nitrogen and oxygen atoms in total. The van der Waals surface area contributed by atoms with Crippen LogP contribution in [0.3, 0.4) is 0 Å². The predicted octanol–water partition coefficient (Wildman–Crippen LogP) is 3.57. The van der Waals surface area contributed by atoms with Crippen molar-refractivity contribution < 1.29 is 9.62 Å². The van der Waals surface area contributed by atoms with Gasteiger partial charge >= 0.3 is 0 Å². The molecule has 1 saturated carbocycles. The second-order valence-corrected chi connectivity index (χ2v) is 4.83. The SMILES string of the molecule is Cc1cccc(C2CC2/C(=N/O)c2ccco2)c1. The number of hydrogen-bond acceptors (Lipinski definition) is 3. The van der Waals surface area contributed by atoms with E-state index >= 15 is 0 Å². The average molecular weight is 241 g/mol. The molecule has 2 unspecified atom stereocenters. The van der Waals surface area contributed by atoms with E-state index < -0.39 is 0 Å². The minimum Gasteiger partial charge on any atom is -0.463 e. The van der Waals surface area contributed by atoms with Gasteiger partial charge in [0.05, 0.1) is 6.26 Å². The van der Waals surface area contributed by atoms with Crippen molar-refractivity contribution in [2.45, 2.75) is 19.3 Å². The largest absolute Gasteiger partial charge is 0.463 e. The van der Waals surface area contributed by atoms with Crippen molar-refractivity contribution in [1.29, 1.82) is 0 Å². The van der Waals surface area contributed by atoms with E-state index in [1.165, 1.54) is 11.1 Å². The molecule has 1 aromatic carbocycles. The zero-order valence-electron chi connectivity index (χ0n) is 10.2. The Morgan fingerprint density at radius 1 is 1.33 bits per heavy atom. The number of furan rings is 1. The Labute approximate surface area is 106 Å². The number of hydrogen-bond donors (Lipinski definition) is 1. The number of oxime groups is 1. The van der Waals surface area contributed by atoms with Crippen LogP contribution in [0.2, 0.25) is 0 Å². The van der Waals surface area contributed by atoms with Crippen LogP contribution in [-0.4, -0.2) is 10.9 Å². The Morgan fingerprint density at radius 3 is 2.89 bits per heavy atom. The highest BCUT2D eigenvalue weighted by atomic mass is 16.4. The number of nitrogens with zero attached hydrogens (tertiary/aromatic N) is 1. The lowest BCUT2D eigenvalue weighted by Crippen LogP contribution is -2.03. The lowest BCUT2D eigenvalue weighted by Gasteiger charge is -2.02. The van der Waals surface area contributed by atoms with Gasteiger partial charge in [0.1, 0.15) is 5.71 Å². The van der Waals surface area contributed by atoms with Gasteiger partial charge < -0.3 is 9.62 Å². The Hall–Kier alpha value is -2.03. The highest BCUT2D eigenvalue weighted by Crippen LogP contribution is 2.49. The van der Waals surface area contributed by atoms with Gasteiger partial charge in [0.25, 0.3) is 0 Å². The third kappa shape index (κ3) is 1.92. The van der Waals surface area contributed by atoms with Crippen molar-refractivity contribution in [3.05, 3.63) is 59.5 Å². The fourth-order valence-corrected chi connectivity index (χ4v) is 2.50. The highest BCUT2D eigenvalue weighted by molar-refractivity contribution is 6.02. The molecule has 1 aliphatic rings. The van der Waals surface area contributed by atoms with Crippen molar-refractivity contribution in [2.24, 2.45) is 11.1 Å². The molecule has 1 aliphatic carbocycles. The van der Waals surface area contributed by atoms with Crippen LogP contribution in [0.4, 0.5) is 0 Å². The van der Waals surface area contributed by atoms with Crippen molar-refractivity contribution >= 4 is 5.71 Å². The van der Waals surface area contributed by atoms with Crippen LogP contribution in [0, 0.1) is 12.8 Å². The molecule has 0 amide bonds. The molecular formula is C15H15NO2. The fraction of sp³-hybridized carbons (Fsp3) is 0.267. The lowest BCUT2D eigenvalue weighted by atomic mass is 10.0. The van der Waals surface area contributed by atoms with Crippen molar-refractivity contribution in [3.63, 3.8) is 0 Å². The van der Waals surface area contributed by atoms with Crippen LogP contribution in [0.1, 0.15) is 29.2 Å². The van der Waals surface area contributed by atoms with E-state index in [0.29, 0.717) is 17.4 Å². The van der Waals surface area contributed by atoms with Gasteiger partial charge in [-0.1, -0.05) is 35.0 Å². The molecule has 1 fully saturated rings. The molecule has 1 aromatic heterocycles. The molecule has 92 valence electrons. The minimum atomic E-state index is 0.267. The topological polar surface area (TPSA) is 45.7 Å². The van der Waals surface area contributed by atoms with E-state index in [0.717, 1.165) is 6.42 Å². The van der Waals surface area contributed by atoms with Gasteiger partial charge in [-0.3, -0.25) is 0 Å². The maximum absolute atomic E-state index is 9.16. The molecule has 1 heterocycles. The molecule has 0 radical (unpaired) electrons. The molecule has 3 heteroatoms. The fourth-order valence-electron chi connectivity index (χ4n) is 2.50. The summed E-state index contributed by atoms with van der Waals surface area (Å²) in [6, 6.07) is 12.1. The van der Waals surface area contributed by atoms with E-state index in [9.17, 15) is 0 Å². The van der Waals surface area contributed by atoms with Gasteiger partial charge in [-0.2, -0.15) is 0 Å². The molecule has 1 N–H and O–H groups in total. The summed E-state index contributed by atoms with van der Waals surface area (Å²) in [6.45, 7) is 2.09. The van der Waals surface area contributed by atoms with E-state index in [1.54, 1.807) is 6.26 Å². The normalized spacial score (nSPS) is 23.1. The smallest absolute Gasteiger partial charge is 0.151 e. The van der Waals surface area contributed by atoms with Crippen molar-refractivity contribution in [3.8, 4) is 0 Å². The average Bonchev–Trinajstić information content (AvgIpc) is 2.96. The Kier molecular flexibility index (Phi) is 2.67. The molecule has 2 atom stereocenters. The first kappa shape index (κ1) is 11.1. The van der Waals surface area contributed by atoms with E-state index in [1.807, 2.05) is 12.1 Å². The molecule has 0 spiro atoms. The molecule has 2 aromatic rings. The van der Waals surface area contributed by atoms with Gasteiger partial charge in [0, 0.05) is 5.92 Å². The maximum atomic E-state index is 9.16. The standard InChI is InChI=1S/C15H15NO2/c1-10-4-2-5-11(8-10)12-9-13(12)15(16-17)14-6-3-7-18-14/h2-8,12-13,17H,9H2,1H3/b16-15-. The summed E-state index contributed by atoms with van der Waals surface area (Å²) >= 11 is 0. The number of rotatable bonds is 3. The van der Waals surface area contributed by atoms with Crippen molar-refractivity contribution in [2.75, 3.05) is 0 Å². The first-order valence-electron chi connectivity index (χ1n) is 6.12. The highest BCUT2D eigenvalue weighted by Gasteiger charge is 2.43. The lowest BCUT2D eigenvalue weighted by molar-refractivity contribution is 0.316. The third-order valence-electron chi connectivity index (χ3n) is 3.49. The zero-order chi connectivity index (χ0) is 12.5. The van der Waals surface area contributed by atoms with Crippen LogP contribution >= 0.6 is 0 Å². The summed E-state index contributed by atoms with van der Waals surface area (Å²) in [4.78, 5) is 0. The number of benzene rings is 1. The van der Waals surface area contributed by atoms with Crippen molar-refractivity contribution in [1.82, 2.24) is 0 Å². The van der Waals surface area contributed by atoms with Crippen LogP contribution in [0.25, 0.3) is 0 Å². The molecule has 0 aliphatic heterocycles. The minimum absolute atomic E-state index is 0.267. The Balaban J connectivity index is 1.82. The Bertz CT molecular complexity index is 572. The number of aryl methyl sites for hydroxylation is 1. The van der Waals surface area contributed by atoms with Crippen LogP contribution in [0.15, 0.2) is 52.2 Å². The second kappa shape index (κ2) is 4.33. The summed E-state index contributed by atoms with van der Waals surface area (Å²) in [6.07, 6.45) is 2.62. The van der Waals surface area contributed by atoms with Crippen LogP contribution < -0.4 is 0 Å². The second-order valence-electron chi connectivity index (χ2n) is 4.83. The molecular weight excluding hydrogens is 226 g/mol. The Morgan fingerprint density at radius 2 is 2.22 bits per heavy atom. The van der Waals surface area contributed by atoms with Gasteiger partial charge in [0.2, 0.25) is 0 Å². The molecule has 0 bridgehead atoms. The first-order chi connectivity index (χ1) is 8.79. The summed E-state index contributed by atoms with van der Waals surface area (Å²) < 4.78 is 5.30.